The summed E-state index contributed by atoms with van der Waals surface area (Å²) in [6.45, 7) is 4.57. The van der Waals surface area contributed by atoms with Crippen molar-refractivity contribution in [1.29, 1.82) is 0 Å². The molecule has 5 rings (SSSR count). The molecular formula is C22H18IN7. The first-order valence-corrected chi connectivity index (χ1v) is 10.6. The summed E-state index contributed by atoms with van der Waals surface area (Å²) in [6, 6.07) is 14.3. The smallest absolute Gasteiger partial charge is 0.164 e. The van der Waals surface area contributed by atoms with E-state index in [1.165, 1.54) is 6.33 Å². The molecule has 0 aliphatic rings. The molecule has 5 aromatic rings. The van der Waals surface area contributed by atoms with E-state index in [0.717, 1.165) is 48.2 Å². The molecule has 30 heavy (non-hydrogen) atoms. The maximum atomic E-state index is 6.06. The quantitative estimate of drug-likeness (QED) is 0.366. The highest BCUT2D eigenvalue weighted by Crippen LogP contribution is 2.29. The van der Waals surface area contributed by atoms with Gasteiger partial charge >= 0.3 is 0 Å². The Kier molecular flexibility index (Phi) is 4.58. The highest BCUT2D eigenvalue weighted by Gasteiger charge is 2.18. The van der Waals surface area contributed by atoms with E-state index in [0.29, 0.717) is 18.0 Å². The molecule has 148 valence electrons. The topological polar surface area (TPSA) is 95.4 Å². The number of anilines is 1. The summed E-state index contributed by atoms with van der Waals surface area (Å²) >= 11 is 2.16. The first-order valence-electron chi connectivity index (χ1n) is 9.47. The molecule has 0 atom stereocenters. The SMILES string of the molecule is Cc1ccccc1-c1nc2c(C)cccc2nc1Cn1nc(I)c2c(N)ncnc21. The first-order chi connectivity index (χ1) is 14.5. The third-order valence-electron chi connectivity index (χ3n) is 5.18. The van der Waals surface area contributed by atoms with Gasteiger partial charge in [-0.1, -0.05) is 36.4 Å². The van der Waals surface area contributed by atoms with E-state index in [4.69, 9.17) is 15.7 Å². The molecule has 7 nitrogen and oxygen atoms in total. The Balaban J connectivity index is 1.76. The average molecular weight is 507 g/mol. The summed E-state index contributed by atoms with van der Waals surface area (Å²) in [4.78, 5) is 18.5. The number of hydrogen-bond donors (Lipinski definition) is 1. The second-order valence-electron chi connectivity index (χ2n) is 7.18. The molecule has 0 spiro atoms. The number of rotatable bonds is 3. The lowest BCUT2D eigenvalue weighted by atomic mass is 10.0. The lowest BCUT2D eigenvalue weighted by Crippen LogP contribution is -2.09. The first kappa shape index (κ1) is 18.9. The van der Waals surface area contributed by atoms with Crippen LogP contribution in [0.25, 0.3) is 33.3 Å². The van der Waals surface area contributed by atoms with Crippen LogP contribution in [-0.2, 0) is 6.54 Å². The predicted molar refractivity (Wildman–Crippen MR) is 126 cm³/mol. The van der Waals surface area contributed by atoms with Crippen LogP contribution in [0.5, 0.6) is 0 Å². The van der Waals surface area contributed by atoms with Gasteiger partial charge in [0.1, 0.15) is 15.8 Å². The third-order valence-corrected chi connectivity index (χ3v) is 5.94. The van der Waals surface area contributed by atoms with Crippen molar-refractivity contribution < 1.29 is 0 Å². The normalized spacial score (nSPS) is 11.4. The van der Waals surface area contributed by atoms with E-state index in [-0.39, 0.29) is 0 Å². The van der Waals surface area contributed by atoms with Crippen LogP contribution in [0.2, 0.25) is 0 Å². The van der Waals surface area contributed by atoms with Crippen LogP contribution in [0.1, 0.15) is 16.8 Å². The number of hydrogen-bond acceptors (Lipinski definition) is 6. The Hall–Kier alpha value is -3.14. The Morgan fingerprint density at radius 2 is 1.77 bits per heavy atom. The van der Waals surface area contributed by atoms with Crippen LogP contribution in [0.4, 0.5) is 5.82 Å². The molecule has 0 saturated heterocycles. The summed E-state index contributed by atoms with van der Waals surface area (Å²) < 4.78 is 2.59. The average Bonchev–Trinajstić information content (AvgIpc) is 3.05. The number of nitrogens with zero attached hydrogens (tertiary/aromatic N) is 6. The van der Waals surface area contributed by atoms with E-state index in [1.807, 2.05) is 28.9 Å². The number of benzene rings is 2. The lowest BCUT2D eigenvalue weighted by Gasteiger charge is -2.13. The Morgan fingerprint density at radius 3 is 2.60 bits per heavy atom. The zero-order valence-corrected chi connectivity index (χ0v) is 18.6. The van der Waals surface area contributed by atoms with Gasteiger partial charge < -0.3 is 5.73 Å². The standard InChI is InChI=1S/C22H18IN7/c1-12-6-3-4-8-14(12)19-16(27-15-9-5-7-13(2)18(15)28-19)10-30-22-17(20(23)29-30)21(24)25-11-26-22/h3-9,11H,10H2,1-2H3,(H2,24,25,26). The van der Waals surface area contributed by atoms with E-state index in [2.05, 4.69) is 69.7 Å². The number of halogens is 1. The van der Waals surface area contributed by atoms with Gasteiger partial charge in [-0.15, -0.1) is 0 Å². The van der Waals surface area contributed by atoms with Crippen molar-refractivity contribution >= 4 is 50.5 Å². The summed E-state index contributed by atoms with van der Waals surface area (Å²) in [6.07, 6.45) is 1.46. The largest absolute Gasteiger partial charge is 0.383 e. The van der Waals surface area contributed by atoms with Crippen molar-refractivity contribution in [3.63, 3.8) is 0 Å². The lowest BCUT2D eigenvalue weighted by molar-refractivity contribution is 0.684. The van der Waals surface area contributed by atoms with Gasteiger partial charge in [0.15, 0.2) is 5.65 Å². The summed E-state index contributed by atoms with van der Waals surface area (Å²) in [5.41, 5.74) is 13.5. The minimum atomic E-state index is 0.426. The zero-order valence-electron chi connectivity index (χ0n) is 16.5. The van der Waals surface area contributed by atoms with Crippen LogP contribution in [-0.4, -0.2) is 29.7 Å². The van der Waals surface area contributed by atoms with Gasteiger partial charge in [0, 0.05) is 5.56 Å². The second-order valence-corrected chi connectivity index (χ2v) is 8.20. The number of aromatic nitrogens is 6. The maximum Gasteiger partial charge on any atom is 0.164 e. The van der Waals surface area contributed by atoms with Crippen LogP contribution < -0.4 is 5.73 Å². The summed E-state index contributed by atoms with van der Waals surface area (Å²) in [7, 11) is 0. The van der Waals surface area contributed by atoms with Gasteiger partial charge in [0.25, 0.3) is 0 Å². The predicted octanol–water partition coefficient (Wildman–Crippen LogP) is 4.29. The molecule has 3 heterocycles. The maximum absolute atomic E-state index is 6.06. The van der Waals surface area contributed by atoms with Gasteiger partial charge in [0.2, 0.25) is 0 Å². The van der Waals surface area contributed by atoms with Crippen molar-refractivity contribution in [1.82, 2.24) is 29.7 Å². The molecular weight excluding hydrogens is 489 g/mol. The van der Waals surface area contributed by atoms with Crippen molar-refractivity contribution in [2.24, 2.45) is 0 Å². The van der Waals surface area contributed by atoms with Crippen molar-refractivity contribution in [3.8, 4) is 11.3 Å². The zero-order chi connectivity index (χ0) is 20.8. The molecule has 2 N–H and O–H groups in total. The van der Waals surface area contributed by atoms with Gasteiger partial charge in [-0.05, 0) is 53.6 Å². The minimum absolute atomic E-state index is 0.426. The van der Waals surface area contributed by atoms with Gasteiger partial charge in [-0.2, -0.15) is 5.10 Å². The highest BCUT2D eigenvalue weighted by atomic mass is 127. The van der Waals surface area contributed by atoms with Crippen LogP contribution in [0.3, 0.4) is 0 Å². The fourth-order valence-corrected chi connectivity index (χ4v) is 4.43. The Morgan fingerprint density at radius 1 is 0.967 bits per heavy atom. The third kappa shape index (κ3) is 3.07. The molecule has 0 aliphatic carbocycles. The Bertz CT molecular complexity index is 1420. The van der Waals surface area contributed by atoms with E-state index in [1.54, 1.807) is 0 Å². The molecule has 0 fully saturated rings. The Labute approximate surface area is 186 Å². The van der Waals surface area contributed by atoms with Crippen LogP contribution in [0, 0.1) is 17.5 Å². The minimum Gasteiger partial charge on any atom is -0.383 e. The number of para-hydroxylation sites is 1. The molecule has 0 bridgehead atoms. The monoisotopic (exact) mass is 507 g/mol. The van der Waals surface area contributed by atoms with E-state index in [9.17, 15) is 0 Å². The number of fused-ring (bicyclic) bond motifs is 2. The van der Waals surface area contributed by atoms with Crippen molar-refractivity contribution in [2.75, 3.05) is 5.73 Å². The molecule has 0 saturated carbocycles. The van der Waals surface area contributed by atoms with Crippen LogP contribution in [0.15, 0.2) is 48.8 Å². The molecule has 3 aromatic heterocycles. The number of aryl methyl sites for hydroxylation is 2. The van der Waals surface area contributed by atoms with E-state index < -0.39 is 0 Å². The van der Waals surface area contributed by atoms with Gasteiger partial charge in [-0.3, -0.25) is 0 Å². The molecule has 0 amide bonds. The fraction of sp³-hybridized carbons (Fsp3) is 0.136. The summed E-state index contributed by atoms with van der Waals surface area (Å²) in [5.74, 6) is 0.426. The summed E-state index contributed by atoms with van der Waals surface area (Å²) in [5, 5.41) is 5.42. The van der Waals surface area contributed by atoms with Gasteiger partial charge in [-0.25, -0.2) is 24.6 Å². The molecule has 8 heteroatoms. The van der Waals surface area contributed by atoms with E-state index >= 15 is 0 Å². The molecule has 0 radical (unpaired) electrons. The molecule has 0 aliphatic heterocycles. The molecule has 0 unspecified atom stereocenters. The highest BCUT2D eigenvalue weighted by molar-refractivity contribution is 14.1. The van der Waals surface area contributed by atoms with Crippen LogP contribution >= 0.6 is 22.6 Å². The number of nitrogens with two attached hydrogens (primary N) is 1. The number of nitrogen functional groups attached to an aromatic ring is 1. The molecule has 2 aromatic carbocycles. The fourth-order valence-electron chi connectivity index (χ4n) is 3.66. The second kappa shape index (κ2) is 7.28. The van der Waals surface area contributed by atoms with Gasteiger partial charge in [0.05, 0.1) is 34.4 Å². The van der Waals surface area contributed by atoms with Crippen molar-refractivity contribution in [3.05, 3.63) is 69.3 Å². The van der Waals surface area contributed by atoms with Crippen molar-refractivity contribution in [2.45, 2.75) is 20.4 Å².